The zero-order valence-corrected chi connectivity index (χ0v) is 8.04. The van der Waals surface area contributed by atoms with Crippen molar-refractivity contribution in [3.8, 4) is 0 Å². The number of piperidine rings is 1. The lowest BCUT2D eigenvalue weighted by Crippen LogP contribution is -2.46. The largest absolute Gasteiger partial charge is 0.342 e. The topological polar surface area (TPSA) is 46.3 Å². The fourth-order valence-corrected chi connectivity index (χ4v) is 2.03. The Bertz CT molecular complexity index is 193. The molecular weight excluding hydrogens is 164 g/mol. The summed E-state index contributed by atoms with van der Waals surface area (Å²) in [7, 11) is 0. The van der Waals surface area contributed by atoms with Crippen LogP contribution < -0.4 is 5.73 Å². The van der Waals surface area contributed by atoms with Gasteiger partial charge in [0.15, 0.2) is 0 Å². The van der Waals surface area contributed by atoms with Crippen LogP contribution in [0.15, 0.2) is 0 Å². The number of likely N-dealkylation sites (tertiary alicyclic amines) is 1. The summed E-state index contributed by atoms with van der Waals surface area (Å²) in [5, 5.41) is 0. The van der Waals surface area contributed by atoms with Gasteiger partial charge in [0.25, 0.3) is 0 Å². The monoisotopic (exact) mass is 182 g/mol. The molecule has 0 unspecified atom stereocenters. The van der Waals surface area contributed by atoms with E-state index < -0.39 is 0 Å². The van der Waals surface area contributed by atoms with Crippen molar-refractivity contribution < 1.29 is 4.79 Å². The van der Waals surface area contributed by atoms with Crippen LogP contribution in [0, 0.1) is 5.92 Å². The summed E-state index contributed by atoms with van der Waals surface area (Å²) in [4.78, 5) is 13.8. The zero-order valence-electron chi connectivity index (χ0n) is 8.04. The van der Waals surface area contributed by atoms with Crippen LogP contribution in [0.5, 0.6) is 0 Å². The molecule has 0 bridgehead atoms. The Hall–Kier alpha value is -0.570. The summed E-state index contributed by atoms with van der Waals surface area (Å²) in [6.45, 7) is 1.77. The second kappa shape index (κ2) is 3.66. The number of nitrogens with zero attached hydrogens (tertiary/aromatic N) is 1. The van der Waals surface area contributed by atoms with Crippen LogP contribution >= 0.6 is 0 Å². The van der Waals surface area contributed by atoms with Gasteiger partial charge in [-0.1, -0.05) is 6.42 Å². The highest BCUT2D eigenvalue weighted by atomic mass is 16.2. The number of amides is 1. The van der Waals surface area contributed by atoms with E-state index in [4.69, 9.17) is 5.73 Å². The fraction of sp³-hybridized carbons (Fsp3) is 0.900. The fourth-order valence-electron chi connectivity index (χ4n) is 2.03. The molecule has 0 aromatic heterocycles. The number of rotatable bonds is 1. The van der Waals surface area contributed by atoms with Gasteiger partial charge in [-0.2, -0.15) is 0 Å². The van der Waals surface area contributed by atoms with Gasteiger partial charge in [0, 0.05) is 25.0 Å². The molecule has 1 amide bonds. The Morgan fingerprint density at radius 1 is 1.15 bits per heavy atom. The van der Waals surface area contributed by atoms with E-state index in [2.05, 4.69) is 0 Å². The Morgan fingerprint density at radius 2 is 1.77 bits per heavy atom. The summed E-state index contributed by atoms with van der Waals surface area (Å²) in [6, 6.07) is 0.324. The first-order valence-corrected chi connectivity index (χ1v) is 5.32. The molecule has 74 valence electrons. The average Bonchev–Trinajstić information content (AvgIpc) is 2.02. The van der Waals surface area contributed by atoms with Crippen LogP contribution in [-0.4, -0.2) is 29.9 Å². The van der Waals surface area contributed by atoms with Crippen molar-refractivity contribution in [3.63, 3.8) is 0 Å². The molecule has 0 aromatic carbocycles. The van der Waals surface area contributed by atoms with Crippen LogP contribution in [-0.2, 0) is 4.79 Å². The van der Waals surface area contributed by atoms with E-state index in [1.807, 2.05) is 4.90 Å². The minimum Gasteiger partial charge on any atom is -0.342 e. The van der Waals surface area contributed by atoms with Gasteiger partial charge < -0.3 is 10.6 Å². The third-order valence-electron chi connectivity index (χ3n) is 3.31. The molecule has 0 spiro atoms. The molecule has 0 aromatic rings. The van der Waals surface area contributed by atoms with Gasteiger partial charge in [-0.05, 0) is 25.7 Å². The van der Waals surface area contributed by atoms with E-state index >= 15 is 0 Å². The highest BCUT2D eigenvalue weighted by Crippen LogP contribution is 2.29. The Morgan fingerprint density at radius 3 is 2.23 bits per heavy atom. The number of hydrogen-bond acceptors (Lipinski definition) is 2. The normalized spacial score (nSPS) is 25.8. The van der Waals surface area contributed by atoms with Crippen LogP contribution in [0.4, 0.5) is 0 Å². The van der Waals surface area contributed by atoms with Crippen molar-refractivity contribution >= 4 is 5.91 Å². The molecule has 3 nitrogen and oxygen atoms in total. The first kappa shape index (κ1) is 9.00. The quantitative estimate of drug-likeness (QED) is 0.650. The van der Waals surface area contributed by atoms with E-state index in [1.54, 1.807) is 0 Å². The van der Waals surface area contributed by atoms with Crippen LogP contribution in [0.25, 0.3) is 0 Å². The molecule has 1 aliphatic carbocycles. The van der Waals surface area contributed by atoms with E-state index in [1.165, 1.54) is 6.42 Å². The first-order valence-electron chi connectivity index (χ1n) is 5.32. The van der Waals surface area contributed by atoms with Gasteiger partial charge in [-0.25, -0.2) is 0 Å². The van der Waals surface area contributed by atoms with E-state index in [0.717, 1.165) is 38.8 Å². The summed E-state index contributed by atoms with van der Waals surface area (Å²) in [5.41, 5.74) is 5.78. The summed E-state index contributed by atoms with van der Waals surface area (Å²) < 4.78 is 0. The molecule has 13 heavy (non-hydrogen) atoms. The number of carbonyl (C=O) groups is 1. The molecular formula is C10H18N2O. The predicted molar refractivity (Wildman–Crippen MR) is 51.1 cm³/mol. The second-order valence-electron chi connectivity index (χ2n) is 4.29. The zero-order chi connectivity index (χ0) is 9.26. The molecule has 2 fully saturated rings. The Balaban J connectivity index is 1.83. The smallest absolute Gasteiger partial charge is 0.225 e. The van der Waals surface area contributed by atoms with Crippen LogP contribution in [0.1, 0.15) is 32.1 Å². The standard InChI is InChI=1S/C10H18N2O/c11-9-4-6-12(7-5-9)10(13)8-2-1-3-8/h8-9H,1-7,11H2. The van der Waals surface area contributed by atoms with Gasteiger partial charge in [0.05, 0.1) is 0 Å². The predicted octanol–water partition coefficient (Wildman–Crippen LogP) is 0.736. The van der Waals surface area contributed by atoms with E-state index in [-0.39, 0.29) is 0 Å². The number of hydrogen-bond donors (Lipinski definition) is 1. The van der Waals surface area contributed by atoms with Crippen molar-refractivity contribution in [1.82, 2.24) is 4.90 Å². The first-order chi connectivity index (χ1) is 6.27. The maximum atomic E-state index is 11.8. The van der Waals surface area contributed by atoms with Crippen LogP contribution in [0.2, 0.25) is 0 Å². The molecule has 1 heterocycles. The van der Waals surface area contributed by atoms with Crippen molar-refractivity contribution in [1.29, 1.82) is 0 Å². The summed E-state index contributed by atoms with van der Waals surface area (Å²) in [6.07, 6.45) is 5.43. The lowest BCUT2D eigenvalue weighted by Gasteiger charge is -2.35. The molecule has 2 aliphatic rings. The summed E-state index contributed by atoms with van der Waals surface area (Å²) in [5.74, 6) is 0.743. The van der Waals surface area contributed by atoms with Gasteiger partial charge >= 0.3 is 0 Å². The molecule has 0 radical (unpaired) electrons. The highest BCUT2D eigenvalue weighted by Gasteiger charge is 2.30. The molecule has 1 saturated heterocycles. The van der Waals surface area contributed by atoms with Crippen molar-refractivity contribution in [2.75, 3.05) is 13.1 Å². The van der Waals surface area contributed by atoms with Crippen molar-refractivity contribution in [3.05, 3.63) is 0 Å². The number of nitrogens with two attached hydrogens (primary N) is 1. The van der Waals surface area contributed by atoms with Crippen molar-refractivity contribution in [2.24, 2.45) is 11.7 Å². The maximum Gasteiger partial charge on any atom is 0.225 e. The van der Waals surface area contributed by atoms with Crippen LogP contribution in [0.3, 0.4) is 0 Å². The highest BCUT2D eigenvalue weighted by molar-refractivity contribution is 5.79. The molecule has 0 atom stereocenters. The molecule has 2 rings (SSSR count). The lowest BCUT2D eigenvalue weighted by atomic mass is 9.84. The van der Waals surface area contributed by atoms with Gasteiger partial charge in [0.1, 0.15) is 0 Å². The van der Waals surface area contributed by atoms with Gasteiger partial charge in [-0.3, -0.25) is 4.79 Å². The number of carbonyl (C=O) groups excluding carboxylic acids is 1. The molecule has 3 heteroatoms. The van der Waals surface area contributed by atoms with E-state index in [9.17, 15) is 4.79 Å². The third kappa shape index (κ3) is 1.85. The molecule has 2 N–H and O–H groups in total. The Labute approximate surface area is 79.3 Å². The lowest BCUT2D eigenvalue weighted by molar-refractivity contribution is -0.139. The average molecular weight is 182 g/mol. The second-order valence-corrected chi connectivity index (χ2v) is 4.29. The van der Waals surface area contributed by atoms with Crippen molar-refractivity contribution in [2.45, 2.75) is 38.1 Å². The minimum absolute atomic E-state index is 0.324. The van der Waals surface area contributed by atoms with E-state index in [0.29, 0.717) is 17.9 Å². The summed E-state index contributed by atoms with van der Waals surface area (Å²) >= 11 is 0. The Kier molecular flexibility index (Phi) is 2.54. The molecule has 1 aliphatic heterocycles. The SMILES string of the molecule is NC1CCN(C(=O)C2CCC2)CC1. The molecule has 1 saturated carbocycles. The minimum atomic E-state index is 0.324. The maximum absolute atomic E-state index is 11.8. The van der Waals surface area contributed by atoms with Gasteiger partial charge in [0.2, 0.25) is 5.91 Å². The van der Waals surface area contributed by atoms with Gasteiger partial charge in [-0.15, -0.1) is 0 Å². The third-order valence-corrected chi connectivity index (χ3v) is 3.31.